The second-order valence-electron chi connectivity index (χ2n) is 10.4. The van der Waals surface area contributed by atoms with Gasteiger partial charge in [0.25, 0.3) is 0 Å². The van der Waals surface area contributed by atoms with Crippen molar-refractivity contribution in [2.45, 2.75) is 24.5 Å². The number of hydrogen-bond donors (Lipinski definition) is 1. The molecule has 8 nitrogen and oxygen atoms in total. The third-order valence-electron chi connectivity index (χ3n) is 7.10. The van der Waals surface area contributed by atoms with Gasteiger partial charge in [-0.1, -0.05) is 36.4 Å². The molecule has 0 spiro atoms. The number of rotatable bonds is 12. The molecule has 0 aliphatic heterocycles. The van der Waals surface area contributed by atoms with Crippen molar-refractivity contribution in [1.82, 2.24) is 15.0 Å². The van der Waals surface area contributed by atoms with E-state index in [1.165, 1.54) is 29.8 Å². The Kier molecular flexibility index (Phi) is 9.69. The second kappa shape index (κ2) is 14.0. The maximum atomic E-state index is 13.5. The summed E-state index contributed by atoms with van der Waals surface area (Å²) in [5, 5.41) is 6.89. The molecule has 0 saturated heterocycles. The molecule has 0 aliphatic carbocycles. The molecule has 1 atom stereocenters. The highest BCUT2D eigenvalue weighted by Gasteiger charge is 2.17. The SMILES string of the molecule is CC(OCCS(=O)(=O)c1ccccc1)c1nc(-c2ccc3ncnc(Nc4ccc(OCc5cccc(F)c5)c(Br)c4)c3c2)cs1. The largest absolute Gasteiger partial charge is 0.488 e. The summed E-state index contributed by atoms with van der Waals surface area (Å²) in [6, 6.07) is 26.1. The number of benzene rings is 4. The Bertz CT molecular complexity index is 2090. The minimum atomic E-state index is -3.42. The van der Waals surface area contributed by atoms with Crippen molar-refractivity contribution in [3.63, 3.8) is 0 Å². The molecule has 0 fully saturated rings. The third-order valence-corrected chi connectivity index (χ3v) is 10.4. The van der Waals surface area contributed by atoms with E-state index in [4.69, 9.17) is 14.5 Å². The van der Waals surface area contributed by atoms with Crippen LogP contribution < -0.4 is 10.1 Å². The molecule has 46 heavy (non-hydrogen) atoms. The number of nitrogens with zero attached hydrogens (tertiary/aromatic N) is 3. The van der Waals surface area contributed by atoms with Crippen LogP contribution >= 0.6 is 27.3 Å². The highest BCUT2D eigenvalue weighted by Crippen LogP contribution is 2.33. The first-order chi connectivity index (χ1) is 22.2. The summed E-state index contributed by atoms with van der Waals surface area (Å²) in [4.78, 5) is 14.0. The van der Waals surface area contributed by atoms with Crippen LogP contribution in [0, 0.1) is 5.82 Å². The minimum absolute atomic E-state index is 0.0614. The molecule has 1 N–H and O–H groups in total. The topological polar surface area (TPSA) is 103 Å². The number of sulfone groups is 1. The summed E-state index contributed by atoms with van der Waals surface area (Å²) in [6.07, 6.45) is 1.14. The van der Waals surface area contributed by atoms with Gasteiger partial charge in [0.1, 0.15) is 41.4 Å². The molecule has 6 aromatic rings. The van der Waals surface area contributed by atoms with Gasteiger partial charge in [0.05, 0.1) is 32.9 Å². The lowest BCUT2D eigenvalue weighted by molar-refractivity contribution is 0.0775. The zero-order chi connectivity index (χ0) is 32.1. The maximum Gasteiger partial charge on any atom is 0.180 e. The lowest BCUT2D eigenvalue weighted by Crippen LogP contribution is -2.14. The Morgan fingerprint density at radius 1 is 0.978 bits per heavy atom. The van der Waals surface area contributed by atoms with Crippen molar-refractivity contribution in [1.29, 1.82) is 0 Å². The number of hydrogen-bond acceptors (Lipinski definition) is 9. The zero-order valence-electron chi connectivity index (χ0n) is 24.6. The van der Waals surface area contributed by atoms with Crippen LogP contribution in [0.15, 0.2) is 112 Å². The van der Waals surface area contributed by atoms with Crippen molar-refractivity contribution < 1.29 is 22.3 Å². The Morgan fingerprint density at radius 3 is 2.63 bits per heavy atom. The molecule has 0 saturated carbocycles. The van der Waals surface area contributed by atoms with Crippen molar-refractivity contribution in [3.8, 4) is 17.0 Å². The van der Waals surface area contributed by atoms with Crippen LogP contribution in [-0.2, 0) is 21.2 Å². The molecule has 0 radical (unpaired) electrons. The van der Waals surface area contributed by atoms with E-state index < -0.39 is 9.84 Å². The number of anilines is 2. The first-order valence-corrected chi connectivity index (χ1v) is 17.6. The average Bonchev–Trinajstić information content (AvgIpc) is 3.56. The monoisotopic (exact) mass is 718 g/mol. The van der Waals surface area contributed by atoms with E-state index in [1.54, 1.807) is 36.4 Å². The maximum absolute atomic E-state index is 13.5. The second-order valence-corrected chi connectivity index (χ2v) is 14.2. The van der Waals surface area contributed by atoms with Crippen molar-refractivity contribution >= 4 is 59.5 Å². The lowest BCUT2D eigenvalue weighted by atomic mass is 10.1. The van der Waals surface area contributed by atoms with E-state index >= 15 is 0 Å². The summed E-state index contributed by atoms with van der Waals surface area (Å²) in [5.74, 6) is 0.837. The molecule has 2 aromatic heterocycles. The number of fused-ring (bicyclic) bond motifs is 1. The number of halogens is 2. The zero-order valence-corrected chi connectivity index (χ0v) is 27.8. The third kappa shape index (κ3) is 7.59. The molecule has 0 bridgehead atoms. The highest BCUT2D eigenvalue weighted by molar-refractivity contribution is 9.10. The van der Waals surface area contributed by atoms with Gasteiger partial charge >= 0.3 is 0 Å². The average molecular weight is 720 g/mol. The van der Waals surface area contributed by atoms with Gasteiger partial charge in [-0.15, -0.1) is 11.3 Å². The van der Waals surface area contributed by atoms with Gasteiger partial charge in [-0.25, -0.2) is 27.8 Å². The summed E-state index contributed by atoms with van der Waals surface area (Å²) in [6.45, 7) is 2.16. The van der Waals surface area contributed by atoms with E-state index in [-0.39, 0.29) is 35.8 Å². The first kappa shape index (κ1) is 31.7. The van der Waals surface area contributed by atoms with Crippen LogP contribution in [0.25, 0.3) is 22.2 Å². The Labute approximate surface area is 278 Å². The van der Waals surface area contributed by atoms with Gasteiger partial charge < -0.3 is 14.8 Å². The minimum Gasteiger partial charge on any atom is -0.488 e. The fourth-order valence-corrected chi connectivity index (χ4v) is 7.14. The van der Waals surface area contributed by atoms with E-state index in [2.05, 4.69) is 31.2 Å². The molecular formula is C34H28BrFN4O4S2. The molecule has 6 rings (SSSR count). The lowest BCUT2D eigenvalue weighted by Gasteiger charge is -2.12. The Balaban J connectivity index is 1.13. The van der Waals surface area contributed by atoms with E-state index in [0.717, 1.165) is 42.9 Å². The summed E-state index contributed by atoms with van der Waals surface area (Å²) < 4.78 is 51.1. The molecule has 2 heterocycles. The Hall–Kier alpha value is -4.23. The van der Waals surface area contributed by atoms with Crippen molar-refractivity contribution in [2.75, 3.05) is 17.7 Å². The fourth-order valence-electron chi connectivity index (χ4n) is 4.69. The molecular weight excluding hydrogens is 691 g/mol. The van der Waals surface area contributed by atoms with Crippen LogP contribution in [0.1, 0.15) is 23.6 Å². The quantitative estimate of drug-likeness (QED) is 0.134. The molecule has 12 heteroatoms. The molecule has 234 valence electrons. The van der Waals surface area contributed by atoms with Gasteiger partial charge in [-0.2, -0.15) is 0 Å². The van der Waals surface area contributed by atoms with Crippen molar-refractivity contribution in [2.24, 2.45) is 0 Å². The smallest absolute Gasteiger partial charge is 0.180 e. The molecule has 0 aliphatic rings. The van der Waals surface area contributed by atoms with E-state index in [1.807, 2.05) is 54.8 Å². The van der Waals surface area contributed by atoms with Gasteiger partial charge in [0.2, 0.25) is 0 Å². The van der Waals surface area contributed by atoms with Gasteiger partial charge in [0, 0.05) is 22.0 Å². The van der Waals surface area contributed by atoms with Crippen LogP contribution in [0.4, 0.5) is 15.9 Å². The van der Waals surface area contributed by atoms with Gasteiger partial charge in [-0.05, 0) is 83.0 Å². The number of nitrogens with one attached hydrogen (secondary N) is 1. The van der Waals surface area contributed by atoms with Crippen LogP contribution in [-0.4, -0.2) is 35.7 Å². The van der Waals surface area contributed by atoms with E-state index in [0.29, 0.717) is 11.6 Å². The number of aromatic nitrogens is 3. The van der Waals surface area contributed by atoms with Crippen LogP contribution in [0.2, 0.25) is 0 Å². The van der Waals surface area contributed by atoms with Crippen LogP contribution in [0.5, 0.6) is 5.75 Å². The molecule has 0 amide bonds. The number of thiazole rings is 1. The Morgan fingerprint density at radius 2 is 1.83 bits per heavy atom. The number of ether oxygens (including phenoxy) is 2. The normalized spacial score (nSPS) is 12.2. The van der Waals surface area contributed by atoms with Crippen molar-refractivity contribution in [3.05, 3.63) is 124 Å². The van der Waals surface area contributed by atoms with Gasteiger partial charge in [-0.3, -0.25) is 0 Å². The fraction of sp³-hybridized carbons (Fsp3) is 0.147. The molecule has 1 unspecified atom stereocenters. The predicted molar refractivity (Wildman–Crippen MR) is 182 cm³/mol. The standard InChI is InChI=1S/C34H28BrFN4O4S2/c1-22(43-14-15-46(41,42)27-8-3-2-4-9-27)34-40-31(20-45-34)24-10-12-30-28(17-24)33(38-21-37-30)39-26-11-13-32(29(35)18-26)44-19-23-6-5-7-25(36)16-23/h2-13,16-18,20-22H,14-15,19H2,1H3,(H,37,38,39). The highest BCUT2D eigenvalue weighted by atomic mass is 79.9. The van der Waals surface area contributed by atoms with Crippen LogP contribution in [0.3, 0.4) is 0 Å². The summed E-state index contributed by atoms with van der Waals surface area (Å²) >= 11 is 5.03. The van der Waals surface area contributed by atoms with Gasteiger partial charge in [0.15, 0.2) is 9.84 Å². The predicted octanol–water partition coefficient (Wildman–Crippen LogP) is 8.53. The first-order valence-electron chi connectivity index (χ1n) is 14.3. The molecule has 4 aromatic carbocycles. The van der Waals surface area contributed by atoms with E-state index in [9.17, 15) is 12.8 Å². The summed E-state index contributed by atoms with van der Waals surface area (Å²) in [5.41, 5.74) is 3.94. The summed E-state index contributed by atoms with van der Waals surface area (Å²) in [7, 11) is -3.42.